The van der Waals surface area contributed by atoms with Crippen molar-refractivity contribution in [1.29, 1.82) is 5.41 Å². The van der Waals surface area contributed by atoms with Gasteiger partial charge in [-0.25, -0.2) is 0 Å². The molecule has 6 rings (SSSR count). The van der Waals surface area contributed by atoms with Crippen LogP contribution in [0, 0.1) is 5.41 Å². The summed E-state index contributed by atoms with van der Waals surface area (Å²) in [7, 11) is 0. The molecule has 4 aromatic carbocycles. The highest BCUT2D eigenvalue weighted by Gasteiger charge is 2.20. The van der Waals surface area contributed by atoms with Crippen LogP contribution in [-0.4, -0.2) is 5.84 Å². The Labute approximate surface area is 213 Å². The minimum absolute atomic E-state index is 0.0320. The van der Waals surface area contributed by atoms with Crippen molar-refractivity contribution >= 4 is 61.3 Å². The quantitative estimate of drug-likeness (QED) is 0.189. The Bertz CT molecular complexity index is 1840. The van der Waals surface area contributed by atoms with Crippen LogP contribution in [0.1, 0.15) is 22.9 Å². The van der Waals surface area contributed by atoms with E-state index in [-0.39, 0.29) is 5.84 Å². The zero-order chi connectivity index (χ0) is 24.8. The van der Waals surface area contributed by atoms with E-state index in [1.165, 1.54) is 26.8 Å². The summed E-state index contributed by atoms with van der Waals surface area (Å²) in [6, 6.07) is 26.9. The van der Waals surface area contributed by atoms with Crippen LogP contribution < -0.4 is 5.73 Å². The number of thiophene rings is 1. The fourth-order valence-corrected chi connectivity index (χ4v) is 6.13. The largest absolute Gasteiger partial charge is 0.456 e. The molecule has 0 radical (unpaired) electrons. The van der Waals surface area contributed by atoms with E-state index in [9.17, 15) is 0 Å². The lowest BCUT2D eigenvalue weighted by atomic mass is 9.89. The second-order valence-corrected chi connectivity index (χ2v) is 9.80. The number of nitrogens with one attached hydrogen (secondary N) is 1. The lowest BCUT2D eigenvalue weighted by molar-refractivity contribution is 0.669. The van der Waals surface area contributed by atoms with Gasteiger partial charge in [-0.05, 0) is 53.4 Å². The fourth-order valence-electron chi connectivity index (χ4n) is 5.08. The summed E-state index contributed by atoms with van der Waals surface area (Å²) in [6.45, 7) is 6.12. The van der Waals surface area contributed by atoms with Gasteiger partial charge in [0.05, 0.1) is 0 Å². The molecule has 0 saturated carbocycles. The van der Waals surface area contributed by atoms with Crippen LogP contribution in [0.4, 0.5) is 0 Å². The second-order valence-electron chi connectivity index (χ2n) is 8.72. The average Bonchev–Trinajstić information content (AvgIpc) is 3.46. The van der Waals surface area contributed by atoms with Gasteiger partial charge in [-0.2, -0.15) is 0 Å². The number of nitrogens with two attached hydrogens (primary N) is 1. The first-order chi connectivity index (χ1) is 17.6. The average molecular weight is 485 g/mol. The number of furan rings is 1. The van der Waals surface area contributed by atoms with Gasteiger partial charge in [-0.1, -0.05) is 79.4 Å². The molecule has 2 aromatic heterocycles. The summed E-state index contributed by atoms with van der Waals surface area (Å²) < 4.78 is 7.36. The molecular weight excluding hydrogens is 460 g/mol. The Kier molecular flexibility index (Phi) is 5.32. The van der Waals surface area contributed by atoms with Crippen LogP contribution in [0.25, 0.3) is 66.4 Å². The highest BCUT2D eigenvalue weighted by molar-refractivity contribution is 7.20. The molecule has 3 nitrogen and oxygen atoms in total. The SMILES string of the molecule is C=Cc1sc2ccc(-c3ccccc3)c(-c3ccc4oc5cccc(C(=N)N)c5c4c3)c2c1/C=C\C. The van der Waals surface area contributed by atoms with Gasteiger partial charge < -0.3 is 10.2 Å². The van der Waals surface area contributed by atoms with Crippen molar-refractivity contribution in [1.82, 2.24) is 0 Å². The maximum Gasteiger partial charge on any atom is 0.136 e. The Hall–Kier alpha value is -4.41. The van der Waals surface area contributed by atoms with E-state index in [0.29, 0.717) is 5.56 Å². The van der Waals surface area contributed by atoms with Crippen LogP contribution in [-0.2, 0) is 0 Å². The minimum Gasteiger partial charge on any atom is -0.456 e. The van der Waals surface area contributed by atoms with Gasteiger partial charge in [0.15, 0.2) is 0 Å². The molecule has 0 aliphatic heterocycles. The lowest BCUT2D eigenvalue weighted by Crippen LogP contribution is -2.11. The minimum atomic E-state index is 0.0320. The number of benzene rings is 4. The predicted octanol–water partition coefficient (Wildman–Crippen LogP) is 9.09. The van der Waals surface area contributed by atoms with E-state index >= 15 is 0 Å². The summed E-state index contributed by atoms with van der Waals surface area (Å²) >= 11 is 1.76. The summed E-state index contributed by atoms with van der Waals surface area (Å²) in [5.74, 6) is 0.0320. The molecule has 0 aliphatic carbocycles. The van der Waals surface area contributed by atoms with Gasteiger partial charge in [0.1, 0.15) is 17.0 Å². The molecule has 6 aromatic rings. The van der Waals surface area contributed by atoms with Gasteiger partial charge in [0.2, 0.25) is 0 Å². The Morgan fingerprint density at radius 1 is 0.917 bits per heavy atom. The smallest absolute Gasteiger partial charge is 0.136 e. The highest BCUT2D eigenvalue weighted by atomic mass is 32.1. The molecule has 0 fully saturated rings. The molecule has 0 atom stereocenters. The van der Waals surface area contributed by atoms with Crippen molar-refractivity contribution in [2.75, 3.05) is 0 Å². The van der Waals surface area contributed by atoms with Gasteiger partial charge in [0.25, 0.3) is 0 Å². The third-order valence-corrected chi connectivity index (χ3v) is 7.77. The number of allylic oxidation sites excluding steroid dienone is 1. The Balaban J connectivity index is 1.76. The number of fused-ring (bicyclic) bond motifs is 4. The monoisotopic (exact) mass is 484 g/mol. The Morgan fingerprint density at radius 2 is 1.75 bits per heavy atom. The van der Waals surface area contributed by atoms with Crippen LogP contribution in [0.15, 0.2) is 95.9 Å². The number of nitrogen functional groups attached to an aromatic ring is 1. The van der Waals surface area contributed by atoms with Crippen molar-refractivity contribution in [3.05, 3.63) is 108 Å². The Morgan fingerprint density at radius 3 is 2.50 bits per heavy atom. The predicted molar refractivity (Wildman–Crippen MR) is 156 cm³/mol. The van der Waals surface area contributed by atoms with Crippen LogP contribution >= 0.6 is 11.3 Å². The van der Waals surface area contributed by atoms with E-state index in [1.54, 1.807) is 11.3 Å². The zero-order valence-electron chi connectivity index (χ0n) is 19.8. The lowest BCUT2D eigenvalue weighted by Gasteiger charge is -2.14. The third kappa shape index (κ3) is 3.38. The molecular formula is C32H24N2OS. The van der Waals surface area contributed by atoms with E-state index in [2.05, 4.69) is 67.3 Å². The van der Waals surface area contributed by atoms with Crippen molar-refractivity contribution in [3.63, 3.8) is 0 Å². The maximum atomic E-state index is 8.12. The third-order valence-electron chi connectivity index (χ3n) is 6.60. The number of hydrogen-bond acceptors (Lipinski definition) is 3. The molecule has 174 valence electrons. The van der Waals surface area contributed by atoms with E-state index in [1.807, 2.05) is 43.3 Å². The van der Waals surface area contributed by atoms with Gasteiger partial charge in [0, 0.05) is 36.9 Å². The molecule has 3 N–H and O–H groups in total. The topological polar surface area (TPSA) is 63.0 Å². The number of rotatable bonds is 5. The fraction of sp³-hybridized carbons (Fsp3) is 0.0312. The molecule has 0 amide bonds. The van der Waals surface area contributed by atoms with Gasteiger partial charge in [-0.3, -0.25) is 5.41 Å². The normalized spacial score (nSPS) is 11.7. The van der Waals surface area contributed by atoms with E-state index in [0.717, 1.165) is 37.9 Å². The molecule has 0 unspecified atom stereocenters. The maximum absolute atomic E-state index is 8.12. The molecule has 0 spiro atoms. The summed E-state index contributed by atoms with van der Waals surface area (Å²) in [4.78, 5) is 1.16. The van der Waals surface area contributed by atoms with Crippen molar-refractivity contribution < 1.29 is 4.42 Å². The van der Waals surface area contributed by atoms with Crippen LogP contribution in [0.3, 0.4) is 0 Å². The first-order valence-electron chi connectivity index (χ1n) is 11.8. The van der Waals surface area contributed by atoms with Crippen LogP contribution in [0.5, 0.6) is 0 Å². The van der Waals surface area contributed by atoms with Crippen molar-refractivity contribution in [2.24, 2.45) is 5.73 Å². The first-order valence-corrected chi connectivity index (χ1v) is 12.6. The highest BCUT2D eigenvalue weighted by Crippen LogP contribution is 2.46. The number of hydrogen-bond donors (Lipinski definition) is 2. The second kappa shape index (κ2) is 8.67. The van der Waals surface area contributed by atoms with Gasteiger partial charge >= 0.3 is 0 Å². The van der Waals surface area contributed by atoms with E-state index in [4.69, 9.17) is 15.6 Å². The molecule has 0 bridgehead atoms. The number of amidine groups is 1. The molecule has 2 heterocycles. The zero-order valence-corrected chi connectivity index (χ0v) is 20.7. The molecule has 4 heteroatoms. The first kappa shape index (κ1) is 22.1. The summed E-state index contributed by atoms with van der Waals surface area (Å²) in [6.07, 6.45) is 6.20. The molecule has 36 heavy (non-hydrogen) atoms. The summed E-state index contributed by atoms with van der Waals surface area (Å²) in [5.41, 5.74) is 13.9. The van der Waals surface area contributed by atoms with Gasteiger partial charge in [-0.15, -0.1) is 11.3 Å². The summed E-state index contributed by atoms with van der Waals surface area (Å²) in [5, 5.41) is 11.2. The van der Waals surface area contributed by atoms with Crippen molar-refractivity contribution in [2.45, 2.75) is 6.92 Å². The molecule has 0 saturated heterocycles. The van der Waals surface area contributed by atoms with Crippen molar-refractivity contribution in [3.8, 4) is 22.3 Å². The van der Waals surface area contributed by atoms with Crippen LogP contribution in [0.2, 0.25) is 0 Å². The standard InChI is InChI=1S/C32H24N2OS/c1-3-9-22-27(4-2)36-28-17-15-21(19-10-6-5-7-11-19)29(31(22)28)20-14-16-25-24(18-20)30-23(32(33)34)12-8-13-26(30)35-25/h3-18H,2H2,1H3,(H3,33,34)/b9-3-. The molecule has 0 aliphatic rings. The van der Waals surface area contributed by atoms with E-state index < -0.39 is 0 Å².